The number of nitriles is 1. The number of hydrogen-bond acceptors (Lipinski definition) is 4. The SMILES string of the molecule is CC(C)/C(=N\C#N)N1CC(F)(c2ccc(C3=NOC(c4cc(Cl)c(F)c(Cl)c4)(C(F)(F)F)C3)cc2)C1. The average Bonchev–Trinajstić information content (AvgIpc) is 3.26. The second kappa shape index (κ2) is 9.20. The summed E-state index contributed by atoms with van der Waals surface area (Å²) in [5.41, 5.74) is -4.49. The van der Waals surface area contributed by atoms with E-state index < -0.39 is 45.3 Å². The van der Waals surface area contributed by atoms with E-state index in [9.17, 15) is 17.6 Å². The number of alkyl halides is 4. The van der Waals surface area contributed by atoms with Crippen molar-refractivity contribution in [1.82, 2.24) is 4.90 Å². The number of benzene rings is 2. The molecule has 2 aromatic carbocycles. The lowest BCUT2D eigenvalue weighted by Gasteiger charge is -2.47. The van der Waals surface area contributed by atoms with Crippen LogP contribution in [0.1, 0.15) is 37.0 Å². The van der Waals surface area contributed by atoms with Crippen molar-refractivity contribution in [2.45, 2.75) is 37.7 Å². The molecule has 0 N–H and O–H groups in total. The molecule has 0 radical (unpaired) electrons. The van der Waals surface area contributed by atoms with E-state index >= 15 is 4.39 Å². The minimum absolute atomic E-state index is 0.00162. The van der Waals surface area contributed by atoms with Gasteiger partial charge >= 0.3 is 6.18 Å². The molecule has 2 heterocycles. The zero-order chi connectivity index (χ0) is 26.5. The third kappa shape index (κ3) is 4.39. The molecule has 0 bridgehead atoms. The summed E-state index contributed by atoms with van der Waals surface area (Å²) in [5.74, 6) is -0.607. The molecule has 1 saturated heterocycles. The first-order chi connectivity index (χ1) is 16.8. The number of likely N-dealkylation sites (tertiary alicyclic amines) is 1. The molecular formula is C24H19Cl2F5N4O. The predicted molar refractivity (Wildman–Crippen MR) is 125 cm³/mol. The second-order valence-electron chi connectivity index (χ2n) is 9.01. The maximum Gasteiger partial charge on any atom is 0.435 e. The van der Waals surface area contributed by atoms with Crippen molar-refractivity contribution < 1.29 is 26.8 Å². The summed E-state index contributed by atoms with van der Waals surface area (Å²) >= 11 is 11.4. The van der Waals surface area contributed by atoms with E-state index in [-0.39, 0.29) is 24.7 Å². The molecule has 0 amide bonds. The van der Waals surface area contributed by atoms with Gasteiger partial charge in [-0.2, -0.15) is 23.4 Å². The highest BCUT2D eigenvalue weighted by molar-refractivity contribution is 6.35. The summed E-state index contributed by atoms with van der Waals surface area (Å²) in [6.45, 7) is 3.70. The van der Waals surface area contributed by atoms with Gasteiger partial charge in [0.2, 0.25) is 6.19 Å². The Morgan fingerprint density at radius 3 is 2.22 bits per heavy atom. The Morgan fingerprint density at radius 1 is 1.14 bits per heavy atom. The van der Waals surface area contributed by atoms with E-state index in [1.807, 2.05) is 13.8 Å². The monoisotopic (exact) mass is 544 g/mol. The van der Waals surface area contributed by atoms with Crippen molar-refractivity contribution in [3.05, 3.63) is 69.0 Å². The van der Waals surface area contributed by atoms with Gasteiger partial charge in [-0.25, -0.2) is 8.78 Å². The first-order valence-electron chi connectivity index (χ1n) is 10.8. The fraction of sp³-hybridized carbons (Fsp3) is 0.375. The molecule has 0 aromatic heterocycles. The molecule has 1 unspecified atom stereocenters. The molecule has 2 aromatic rings. The maximum absolute atomic E-state index is 15.4. The molecule has 2 aliphatic heterocycles. The van der Waals surface area contributed by atoms with Gasteiger partial charge in [0.05, 0.1) is 28.8 Å². The molecule has 0 spiro atoms. The zero-order valence-corrected chi connectivity index (χ0v) is 20.5. The van der Waals surface area contributed by atoms with Crippen LogP contribution in [0.15, 0.2) is 46.5 Å². The molecule has 5 nitrogen and oxygen atoms in total. The third-order valence-corrected chi connectivity index (χ3v) is 6.81. The molecule has 0 saturated carbocycles. The first kappa shape index (κ1) is 26.2. The Bertz CT molecular complexity index is 1260. The summed E-state index contributed by atoms with van der Waals surface area (Å²) in [7, 11) is 0. The number of amidine groups is 1. The highest BCUT2D eigenvalue weighted by Crippen LogP contribution is 2.50. The summed E-state index contributed by atoms with van der Waals surface area (Å²) < 4.78 is 71.8. The molecular weight excluding hydrogens is 526 g/mol. The molecule has 36 heavy (non-hydrogen) atoms. The van der Waals surface area contributed by atoms with Crippen molar-refractivity contribution in [2.24, 2.45) is 16.1 Å². The molecule has 12 heteroatoms. The van der Waals surface area contributed by atoms with Crippen LogP contribution in [0, 0.1) is 23.2 Å². The van der Waals surface area contributed by atoms with Gasteiger partial charge in [-0.1, -0.05) is 66.5 Å². The largest absolute Gasteiger partial charge is 0.435 e. The average molecular weight is 545 g/mol. The Labute approximate surface area is 213 Å². The summed E-state index contributed by atoms with van der Waals surface area (Å²) in [6, 6.07) is 7.51. The third-order valence-electron chi connectivity index (χ3n) is 6.26. The van der Waals surface area contributed by atoms with E-state index in [2.05, 4.69) is 10.1 Å². The quantitative estimate of drug-likeness (QED) is 0.141. The van der Waals surface area contributed by atoms with Crippen LogP contribution in [0.4, 0.5) is 22.0 Å². The number of nitrogens with zero attached hydrogens (tertiary/aromatic N) is 4. The molecule has 1 fully saturated rings. The van der Waals surface area contributed by atoms with E-state index in [4.69, 9.17) is 33.3 Å². The topological polar surface area (TPSA) is 61.0 Å². The van der Waals surface area contributed by atoms with Crippen LogP contribution in [0.5, 0.6) is 0 Å². The molecule has 2 aliphatic rings. The van der Waals surface area contributed by atoms with Gasteiger partial charge in [0.15, 0.2) is 11.5 Å². The van der Waals surface area contributed by atoms with Crippen LogP contribution in [0.2, 0.25) is 10.0 Å². The lowest BCUT2D eigenvalue weighted by molar-refractivity contribution is -0.275. The van der Waals surface area contributed by atoms with E-state index in [1.54, 1.807) is 11.1 Å². The summed E-state index contributed by atoms with van der Waals surface area (Å²) in [5, 5.41) is 11.4. The normalized spacial score (nSPS) is 21.6. The van der Waals surface area contributed by atoms with Gasteiger partial charge in [-0.15, -0.1) is 0 Å². The van der Waals surface area contributed by atoms with Crippen LogP contribution >= 0.6 is 23.2 Å². The Balaban J connectivity index is 1.55. The number of halogens is 7. The smallest absolute Gasteiger partial charge is 0.374 e. The van der Waals surface area contributed by atoms with E-state index in [1.165, 1.54) is 24.3 Å². The fourth-order valence-electron chi connectivity index (χ4n) is 4.33. The summed E-state index contributed by atoms with van der Waals surface area (Å²) in [4.78, 5) is 10.4. The van der Waals surface area contributed by atoms with Crippen LogP contribution in [0.3, 0.4) is 0 Å². The van der Waals surface area contributed by atoms with Gasteiger partial charge < -0.3 is 9.74 Å². The molecule has 1 atom stereocenters. The van der Waals surface area contributed by atoms with Crippen molar-refractivity contribution in [3.8, 4) is 6.19 Å². The van der Waals surface area contributed by atoms with Gasteiger partial charge in [0.25, 0.3) is 5.60 Å². The minimum atomic E-state index is -4.93. The number of aliphatic imine (C=N–C) groups is 1. The van der Waals surface area contributed by atoms with Crippen molar-refractivity contribution >= 4 is 34.7 Å². The van der Waals surface area contributed by atoms with Gasteiger partial charge in [0.1, 0.15) is 5.84 Å². The van der Waals surface area contributed by atoms with Gasteiger partial charge in [-0.05, 0) is 23.3 Å². The van der Waals surface area contributed by atoms with Gasteiger partial charge in [-0.3, -0.25) is 0 Å². The van der Waals surface area contributed by atoms with Crippen molar-refractivity contribution in [2.75, 3.05) is 13.1 Å². The Hall–Kier alpha value is -2.90. The lowest BCUT2D eigenvalue weighted by atomic mass is 9.84. The number of rotatable bonds is 4. The maximum atomic E-state index is 15.4. The van der Waals surface area contributed by atoms with Crippen molar-refractivity contribution in [1.29, 1.82) is 5.26 Å². The highest BCUT2D eigenvalue weighted by Gasteiger charge is 2.62. The van der Waals surface area contributed by atoms with E-state index in [0.29, 0.717) is 17.0 Å². The predicted octanol–water partition coefficient (Wildman–Crippen LogP) is 6.73. The fourth-order valence-corrected chi connectivity index (χ4v) is 4.82. The van der Waals surface area contributed by atoms with Crippen LogP contribution in [-0.4, -0.2) is 35.7 Å². The number of hydrogen-bond donors (Lipinski definition) is 0. The number of oxime groups is 1. The van der Waals surface area contributed by atoms with Crippen LogP contribution in [-0.2, 0) is 16.1 Å². The Kier molecular flexibility index (Phi) is 6.69. The standard InChI is InChI=1S/C24H19Cl2F5N4O/c1-13(2)21(33-12-32)35-10-22(28,11-35)15-5-3-14(4-6-15)19-9-23(36-34-19,24(29,30)31)16-7-17(25)20(27)18(26)8-16/h3-8,13H,9-11H2,1-2H3/b33-21+. The molecule has 0 aliphatic carbocycles. The zero-order valence-electron chi connectivity index (χ0n) is 19.0. The van der Waals surface area contributed by atoms with Crippen molar-refractivity contribution in [3.63, 3.8) is 0 Å². The highest BCUT2D eigenvalue weighted by atomic mass is 35.5. The molecule has 190 valence electrons. The van der Waals surface area contributed by atoms with E-state index in [0.717, 1.165) is 12.1 Å². The Morgan fingerprint density at radius 2 is 1.72 bits per heavy atom. The molecule has 4 rings (SSSR count). The minimum Gasteiger partial charge on any atom is -0.374 e. The summed E-state index contributed by atoms with van der Waals surface area (Å²) in [6.07, 6.45) is -3.92. The van der Waals surface area contributed by atoms with Crippen LogP contribution < -0.4 is 0 Å². The second-order valence-corrected chi connectivity index (χ2v) is 9.82. The first-order valence-corrected chi connectivity index (χ1v) is 11.5. The van der Waals surface area contributed by atoms with Gasteiger partial charge in [0, 0.05) is 17.9 Å². The lowest BCUT2D eigenvalue weighted by Crippen LogP contribution is -2.59. The van der Waals surface area contributed by atoms with Crippen LogP contribution in [0.25, 0.3) is 0 Å².